The van der Waals surface area contributed by atoms with Gasteiger partial charge < -0.3 is 54.5 Å². The normalized spacial score (nSPS) is 27.9. The summed E-state index contributed by atoms with van der Waals surface area (Å²) in [5.74, 6) is -1.82. The van der Waals surface area contributed by atoms with Crippen molar-refractivity contribution < 1.29 is 59.2 Å². The van der Waals surface area contributed by atoms with E-state index in [2.05, 4.69) is 0 Å². The summed E-state index contributed by atoms with van der Waals surface area (Å²) in [5.41, 5.74) is -1.08. The van der Waals surface area contributed by atoms with Crippen molar-refractivity contribution >= 4 is 11.7 Å². The second-order valence-electron chi connectivity index (χ2n) is 11.9. The zero-order chi connectivity index (χ0) is 32.7. The lowest BCUT2D eigenvalue weighted by molar-refractivity contribution is -0.289. The number of carbonyl (C=O) groups is 2. The van der Waals surface area contributed by atoms with Crippen molar-refractivity contribution in [3.05, 3.63) is 71.2 Å². The fourth-order valence-electron chi connectivity index (χ4n) is 6.02. The van der Waals surface area contributed by atoms with Crippen LogP contribution in [0.25, 0.3) is 0 Å². The summed E-state index contributed by atoms with van der Waals surface area (Å²) in [6, 6.07) is 10.6. The average molecular weight is 641 g/mol. The van der Waals surface area contributed by atoms with Crippen molar-refractivity contribution in [1.29, 1.82) is 0 Å². The number of piperazine rings is 1. The highest BCUT2D eigenvalue weighted by atomic mass is 16.7. The van der Waals surface area contributed by atoms with E-state index in [0.717, 1.165) is 11.6 Å². The first-order valence-electron chi connectivity index (χ1n) is 15.0. The van der Waals surface area contributed by atoms with Crippen molar-refractivity contribution in [2.24, 2.45) is 0 Å². The highest BCUT2D eigenvalue weighted by Crippen LogP contribution is 2.49. The number of aromatic hydroxyl groups is 3. The number of hydrogen-bond acceptors (Lipinski definition) is 13. The van der Waals surface area contributed by atoms with Gasteiger partial charge in [0.15, 0.2) is 11.5 Å². The van der Waals surface area contributed by atoms with Crippen LogP contribution in [0.15, 0.2) is 53.1 Å². The quantitative estimate of drug-likeness (QED) is 0.159. The van der Waals surface area contributed by atoms with Crippen LogP contribution in [0.1, 0.15) is 44.9 Å². The highest BCUT2D eigenvalue weighted by molar-refractivity contribution is 6.02. The molecule has 1 spiro atoms. The molecule has 2 aromatic carbocycles. The van der Waals surface area contributed by atoms with Crippen molar-refractivity contribution in [3.63, 3.8) is 0 Å². The van der Waals surface area contributed by atoms with Crippen molar-refractivity contribution in [2.45, 2.75) is 62.1 Å². The first-order valence-corrected chi connectivity index (χ1v) is 15.0. The fourth-order valence-corrected chi connectivity index (χ4v) is 6.02. The Morgan fingerprint density at radius 1 is 0.957 bits per heavy atom. The number of aryl methyl sites for hydroxylation is 1. The molecule has 3 fully saturated rings. The summed E-state index contributed by atoms with van der Waals surface area (Å²) in [6.07, 6.45) is -6.39. The monoisotopic (exact) mass is 640 g/mol. The molecule has 1 amide bonds. The number of phenols is 3. The van der Waals surface area contributed by atoms with Gasteiger partial charge in [0.2, 0.25) is 6.29 Å². The number of ether oxygens (including phenoxy) is 2. The third kappa shape index (κ3) is 6.02. The number of ketones is 1. The van der Waals surface area contributed by atoms with E-state index in [1.54, 1.807) is 29.2 Å². The molecule has 3 aromatic rings. The van der Waals surface area contributed by atoms with Crippen molar-refractivity contribution in [2.75, 3.05) is 26.2 Å². The van der Waals surface area contributed by atoms with Gasteiger partial charge in [-0.25, -0.2) is 0 Å². The summed E-state index contributed by atoms with van der Waals surface area (Å²) in [5, 5.41) is 73.7. The van der Waals surface area contributed by atoms with Gasteiger partial charge in [0.1, 0.15) is 52.5 Å². The van der Waals surface area contributed by atoms with Crippen LogP contribution in [0.2, 0.25) is 0 Å². The number of aliphatic hydroxyl groups is 4. The van der Waals surface area contributed by atoms with Gasteiger partial charge in [0.05, 0.1) is 17.9 Å². The van der Waals surface area contributed by atoms with Crippen LogP contribution < -0.4 is 4.74 Å². The molecule has 0 radical (unpaired) electrons. The van der Waals surface area contributed by atoms with Gasteiger partial charge in [-0.3, -0.25) is 14.5 Å². The standard InChI is InChI=1S/C32H36N2O12/c35-18-6-3-17(4-7-18)5-8-20(36)25-23(45-31-28(41)27(40)29(42)32(46-31)15-24(32)38)14-21(37)19(26(25)39)16-33-9-11-34(12-10-33)30(43)22-2-1-13-44-22/h1-4,6-7,13-14,24,27-29,31,35,37-42H,5,8-12,15-16H2/t24-,27-,28-,29+,31-,32-/m1/s1. The molecule has 2 aliphatic heterocycles. The molecule has 6 atom stereocenters. The zero-order valence-electron chi connectivity index (χ0n) is 24.7. The van der Waals surface area contributed by atoms with Gasteiger partial charge in [-0.05, 0) is 36.2 Å². The molecule has 14 nitrogen and oxygen atoms in total. The minimum atomic E-state index is -1.79. The Hall–Kier alpha value is -4.18. The van der Waals surface area contributed by atoms with E-state index in [9.17, 15) is 45.3 Å². The van der Waals surface area contributed by atoms with E-state index in [1.807, 2.05) is 4.90 Å². The molecule has 0 bridgehead atoms. The lowest BCUT2D eigenvalue weighted by Crippen LogP contribution is -2.61. The summed E-state index contributed by atoms with van der Waals surface area (Å²) in [4.78, 5) is 29.9. The number of furan rings is 1. The third-order valence-electron chi connectivity index (χ3n) is 8.92. The molecular formula is C32H36N2O12. The maximum Gasteiger partial charge on any atom is 0.289 e. The number of rotatable bonds is 9. The number of phenolic OH excluding ortho intramolecular Hbond substituents is 3. The Morgan fingerprint density at radius 2 is 1.65 bits per heavy atom. The van der Waals surface area contributed by atoms with E-state index >= 15 is 0 Å². The summed E-state index contributed by atoms with van der Waals surface area (Å²) < 4.78 is 16.7. The minimum absolute atomic E-state index is 0.0218. The maximum atomic E-state index is 13.7. The molecule has 1 aromatic heterocycles. The van der Waals surface area contributed by atoms with Gasteiger partial charge in [-0.1, -0.05) is 12.1 Å². The lowest BCUT2D eigenvalue weighted by Gasteiger charge is -2.41. The molecule has 46 heavy (non-hydrogen) atoms. The smallest absolute Gasteiger partial charge is 0.289 e. The summed E-state index contributed by atoms with van der Waals surface area (Å²) >= 11 is 0. The van der Waals surface area contributed by atoms with Crippen LogP contribution in [0.3, 0.4) is 0 Å². The molecule has 2 saturated heterocycles. The van der Waals surface area contributed by atoms with Crippen LogP contribution in [0.4, 0.5) is 0 Å². The van der Waals surface area contributed by atoms with E-state index in [1.165, 1.54) is 18.4 Å². The van der Waals surface area contributed by atoms with E-state index < -0.39 is 53.6 Å². The van der Waals surface area contributed by atoms with Crippen molar-refractivity contribution in [3.8, 4) is 23.0 Å². The van der Waals surface area contributed by atoms with Crippen LogP contribution >= 0.6 is 0 Å². The van der Waals surface area contributed by atoms with Crippen molar-refractivity contribution in [1.82, 2.24) is 9.80 Å². The molecule has 246 valence electrons. The number of benzene rings is 2. The number of amides is 1. The maximum absolute atomic E-state index is 13.7. The van der Waals surface area contributed by atoms with E-state index in [-0.39, 0.29) is 60.1 Å². The molecule has 14 heteroatoms. The summed E-state index contributed by atoms with van der Waals surface area (Å²) in [6.45, 7) is 1.56. The fraction of sp³-hybridized carbons (Fsp3) is 0.438. The van der Waals surface area contributed by atoms with E-state index in [4.69, 9.17) is 13.9 Å². The molecule has 0 unspecified atom stereocenters. The zero-order valence-corrected chi connectivity index (χ0v) is 24.7. The Morgan fingerprint density at radius 3 is 2.28 bits per heavy atom. The first kappa shape index (κ1) is 31.8. The lowest BCUT2D eigenvalue weighted by atomic mass is 9.96. The Labute approximate surface area is 263 Å². The molecule has 6 rings (SSSR count). The van der Waals surface area contributed by atoms with Crippen LogP contribution in [0, 0.1) is 0 Å². The third-order valence-corrected chi connectivity index (χ3v) is 8.92. The van der Waals surface area contributed by atoms with Gasteiger partial charge in [0, 0.05) is 51.6 Å². The molecule has 3 heterocycles. The molecule has 7 N–H and O–H groups in total. The number of Topliss-reactive ketones (excluding diaryl/α,β-unsaturated/α-hetero) is 1. The van der Waals surface area contributed by atoms with E-state index in [0.29, 0.717) is 26.2 Å². The van der Waals surface area contributed by atoms with Crippen LogP contribution in [-0.4, -0.2) is 120 Å². The topological polar surface area (TPSA) is 214 Å². The molecule has 1 aliphatic carbocycles. The predicted molar refractivity (Wildman–Crippen MR) is 157 cm³/mol. The van der Waals surface area contributed by atoms with Gasteiger partial charge in [0.25, 0.3) is 5.91 Å². The molecule has 3 aliphatic rings. The Bertz CT molecular complexity index is 1570. The molecular weight excluding hydrogens is 604 g/mol. The second-order valence-corrected chi connectivity index (χ2v) is 11.9. The Balaban J connectivity index is 1.24. The predicted octanol–water partition coefficient (Wildman–Crippen LogP) is 0.491. The molecule has 1 saturated carbocycles. The van der Waals surface area contributed by atoms with Gasteiger partial charge in [-0.2, -0.15) is 0 Å². The van der Waals surface area contributed by atoms with Crippen LogP contribution in [-0.2, 0) is 17.7 Å². The van der Waals surface area contributed by atoms with Gasteiger partial charge >= 0.3 is 0 Å². The minimum Gasteiger partial charge on any atom is -0.508 e. The number of hydrogen-bond donors (Lipinski definition) is 7. The SMILES string of the molecule is O=C(CCc1ccc(O)cc1)c1c(O[C@@H]2O[C@@]3(C[C@H]3O)[C@@H](O)[C@H](O)[C@H]2O)cc(O)c(CN2CCN(C(=O)c3ccco3)CC2)c1O. The number of carbonyl (C=O) groups excluding carboxylic acids is 2. The average Bonchev–Trinajstić information content (AvgIpc) is 3.39. The number of aliphatic hydroxyl groups excluding tert-OH is 4. The highest BCUT2D eigenvalue weighted by Gasteiger charge is 2.68. The largest absolute Gasteiger partial charge is 0.508 e. The first-order chi connectivity index (χ1) is 22.0. The number of nitrogens with zero attached hydrogens (tertiary/aromatic N) is 2. The Kier molecular flexibility index (Phi) is 8.67. The summed E-state index contributed by atoms with van der Waals surface area (Å²) in [7, 11) is 0. The van der Waals surface area contributed by atoms with Crippen LogP contribution in [0.5, 0.6) is 23.0 Å². The second kappa shape index (κ2) is 12.5. The van der Waals surface area contributed by atoms with Gasteiger partial charge in [-0.15, -0.1) is 0 Å².